The molecule has 22 heavy (non-hydrogen) atoms. The number of hydrogen-bond donors (Lipinski definition) is 2. The molecule has 1 aromatic carbocycles. The number of amides is 1. The van der Waals surface area contributed by atoms with Crippen molar-refractivity contribution in [3.8, 4) is 0 Å². The fraction of sp³-hybridized carbons (Fsp3) is 0.588. The van der Waals surface area contributed by atoms with Crippen LogP contribution >= 0.6 is 11.6 Å². The van der Waals surface area contributed by atoms with Crippen LogP contribution in [0.5, 0.6) is 0 Å². The van der Waals surface area contributed by atoms with Crippen LogP contribution < -0.4 is 10.6 Å². The van der Waals surface area contributed by atoms with E-state index >= 15 is 0 Å². The van der Waals surface area contributed by atoms with Crippen molar-refractivity contribution in [1.29, 1.82) is 0 Å². The Labute approximate surface area is 138 Å². The van der Waals surface area contributed by atoms with E-state index in [1.807, 2.05) is 45.0 Å². The Morgan fingerprint density at radius 2 is 1.95 bits per heavy atom. The molecule has 0 aliphatic carbocycles. The fourth-order valence-corrected chi connectivity index (χ4v) is 2.11. The molecule has 0 fully saturated rings. The van der Waals surface area contributed by atoms with Gasteiger partial charge in [-0.05, 0) is 50.8 Å². The maximum absolute atomic E-state index is 11.7. The number of carbonyl (C=O) groups is 1. The first-order chi connectivity index (χ1) is 10.2. The molecule has 0 spiro atoms. The maximum Gasteiger partial charge on any atom is 0.407 e. The Bertz CT molecular complexity index is 484. The number of halogens is 1. The first kappa shape index (κ1) is 18.6. The minimum atomic E-state index is -0.476. The molecule has 2 N–H and O–H groups in total. The van der Waals surface area contributed by atoms with Crippen molar-refractivity contribution in [2.24, 2.45) is 11.8 Å². The van der Waals surface area contributed by atoms with Crippen LogP contribution in [0.15, 0.2) is 24.3 Å². The summed E-state index contributed by atoms with van der Waals surface area (Å²) < 4.78 is 5.26. The largest absolute Gasteiger partial charge is 0.444 e. The number of hydrogen-bond acceptors (Lipinski definition) is 3. The molecule has 1 aromatic rings. The average molecular weight is 327 g/mol. The third-order valence-corrected chi connectivity index (χ3v) is 3.48. The summed E-state index contributed by atoms with van der Waals surface area (Å²) in [6.45, 7) is 11.2. The molecule has 0 aliphatic rings. The summed E-state index contributed by atoms with van der Waals surface area (Å²) in [4.78, 5) is 11.7. The summed E-state index contributed by atoms with van der Waals surface area (Å²) in [5, 5.41) is 6.91. The maximum atomic E-state index is 11.7. The third kappa shape index (κ3) is 7.55. The second-order valence-electron chi connectivity index (χ2n) is 6.78. The van der Waals surface area contributed by atoms with Gasteiger partial charge >= 0.3 is 6.09 Å². The van der Waals surface area contributed by atoms with Crippen molar-refractivity contribution in [3.63, 3.8) is 0 Å². The van der Waals surface area contributed by atoms with E-state index in [1.54, 1.807) is 0 Å². The minimum absolute atomic E-state index is 0.298. The molecule has 1 amide bonds. The monoisotopic (exact) mass is 326 g/mol. The molecule has 0 aromatic heterocycles. The van der Waals surface area contributed by atoms with Gasteiger partial charge in [0.2, 0.25) is 0 Å². The van der Waals surface area contributed by atoms with Crippen molar-refractivity contribution < 1.29 is 9.53 Å². The Balaban J connectivity index is 2.47. The van der Waals surface area contributed by atoms with E-state index in [2.05, 4.69) is 24.5 Å². The van der Waals surface area contributed by atoms with Crippen molar-refractivity contribution in [3.05, 3.63) is 29.3 Å². The van der Waals surface area contributed by atoms with Crippen LogP contribution in [0.1, 0.15) is 34.6 Å². The lowest BCUT2D eigenvalue weighted by Crippen LogP contribution is -2.38. The minimum Gasteiger partial charge on any atom is -0.444 e. The molecule has 0 saturated heterocycles. The van der Waals surface area contributed by atoms with E-state index < -0.39 is 5.60 Å². The van der Waals surface area contributed by atoms with Gasteiger partial charge in [-0.3, -0.25) is 0 Å². The molecule has 0 saturated carbocycles. The van der Waals surface area contributed by atoms with E-state index in [1.165, 1.54) is 0 Å². The van der Waals surface area contributed by atoms with E-state index in [-0.39, 0.29) is 6.09 Å². The third-order valence-electron chi connectivity index (χ3n) is 3.24. The summed E-state index contributed by atoms with van der Waals surface area (Å²) in [6, 6.07) is 7.62. The van der Waals surface area contributed by atoms with Gasteiger partial charge in [-0.2, -0.15) is 0 Å². The SMILES string of the molecule is CC(C)C(CNC(=O)OC(C)(C)C)CNc1cccc(Cl)c1. The molecule has 4 nitrogen and oxygen atoms in total. The lowest BCUT2D eigenvalue weighted by atomic mass is 9.95. The summed E-state index contributed by atoms with van der Waals surface area (Å²) >= 11 is 5.97. The highest BCUT2D eigenvalue weighted by molar-refractivity contribution is 6.30. The lowest BCUT2D eigenvalue weighted by Gasteiger charge is -2.24. The van der Waals surface area contributed by atoms with Crippen molar-refractivity contribution >= 4 is 23.4 Å². The zero-order valence-electron chi connectivity index (χ0n) is 14.1. The average Bonchev–Trinajstić information content (AvgIpc) is 2.36. The quantitative estimate of drug-likeness (QED) is 0.806. The summed E-state index contributed by atoms with van der Waals surface area (Å²) in [5.74, 6) is 0.730. The van der Waals surface area contributed by atoms with Crippen LogP contribution in [0.3, 0.4) is 0 Å². The topological polar surface area (TPSA) is 50.4 Å². The predicted octanol–water partition coefficient (Wildman–Crippen LogP) is 4.55. The van der Waals surface area contributed by atoms with Gasteiger partial charge in [0, 0.05) is 23.8 Å². The Kier molecular flexibility index (Phi) is 7.01. The van der Waals surface area contributed by atoms with Crippen LogP contribution in [-0.4, -0.2) is 24.8 Å². The van der Waals surface area contributed by atoms with Gasteiger partial charge in [-0.15, -0.1) is 0 Å². The summed E-state index contributed by atoms with van der Waals surface area (Å²) in [6.07, 6.45) is -0.374. The van der Waals surface area contributed by atoms with Gasteiger partial charge < -0.3 is 15.4 Å². The highest BCUT2D eigenvalue weighted by Crippen LogP contribution is 2.17. The van der Waals surface area contributed by atoms with Gasteiger partial charge in [-0.25, -0.2) is 4.79 Å². The molecule has 0 heterocycles. The Morgan fingerprint density at radius 1 is 1.27 bits per heavy atom. The number of nitrogens with one attached hydrogen (secondary N) is 2. The van der Waals surface area contributed by atoms with E-state index in [9.17, 15) is 4.79 Å². The first-order valence-corrected chi connectivity index (χ1v) is 8.01. The number of anilines is 1. The Hall–Kier alpha value is -1.42. The number of rotatable bonds is 6. The number of ether oxygens (including phenoxy) is 1. The van der Waals surface area contributed by atoms with Crippen molar-refractivity contribution in [2.75, 3.05) is 18.4 Å². The Morgan fingerprint density at radius 3 is 2.50 bits per heavy atom. The smallest absolute Gasteiger partial charge is 0.407 e. The highest BCUT2D eigenvalue weighted by Gasteiger charge is 2.19. The highest BCUT2D eigenvalue weighted by atomic mass is 35.5. The standard InChI is InChI=1S/C17H27ClN2O2/c1-12(2)13(11-20-16(21)22-17(3,4)5)10-19-15-8-6-7-14(18)9-15/h6-9,12-13,19H,10-11H2,1-5H3,(H,20,21). The van der Waals surface area contributed by atoms with Crippen LogP contribution in [0.25, 0.3) is 0 Å². The first-order valence-electron chi connectivity index (χ1n) is 7.63. The van der Waals surface area contributed by atoms with Gasteiger partial charge in [0.1, 0.15) is 5.60 Å². The van der Waals surface area contributed by atoms with Crippen molar-refractivity contribution in [2.45, 2.75) is 40.2 Å². The molecule has 124 valence electrons. The molecular weight excluding hydrogens is 300 g/mol. The zero-order valence-corrected chi connectivity index (χ0v) is 14.8. The molecule has 0 bridgehead atoms. The molecule has 1 rings (SSSR count). The van der Waals surface area contributed by atoms with Crippen LogP contribution in [0.2, 0.25) is 5.02 Å². The van der Waals surface area contributed by atoms with Crippen LogP contribution in [-0.2, 0) is 4.74 Å². The fourth-order valence-electron chi connectivity index (χ4n) is 1.92. The van der Waals surface area contributed by atoms with Crippen molar-refractivity contribution in [1.82, 2.24) is 5.32 Å². The van der Waals surface area contributed by atoms with Gasteiger partial charge in [0.05, 0.1) is 0 Å². The van der Waals surface area contributed by atoms with Gasteiger partial charge in [0.25, 0.3) is 0 Å². The summed E-state index contributed by atoms with van der Waals surface area (Å²) in [5.41, 5.74) is 0.506. The molecule has 1 unspecified atom stereocenters. The van der Waals surface area contributed by atoms with Gasteiger partial charge in [-0.1, -0.05) is 31.5 Å². The number of alkyl carbamates (subject to hydrolysis) is 1. The lowest BCUT2D eigenvalue weighted by molar-refractivity contribution is 0.0516. The van der Waals surface area contributed by atoms with E-state index in [4.69, 9.17) is 16.3 Å². The van der Waals surface area contributed by atoms with E-state index in [0.717, 1.165) is 12.2 Å². The molecular formula is C17H27ClN2O2. The number of carbonyl (C=O) groups excluding carboxylic acids is 1. The van der Waals surface area contributed by atoms with Crippen LogP contribution in [0.4, 0.5) is 10.5 Å². The molecule has 0 aliphatic heterocycles. The molecule has 5 heteroatoms. The normalized spacial score (nSPS) is 12.9. The second kappa shape index (κ2) is 8.28. The van der Waals surface area contributed by atoms with E-state index in [0.29, 0.717) is 23.4 Å². The predicted molar refractivity (Wildman–Crippen MR) is 92.5 cm³/mol. The number of benzene rings is 1. The molecule has 0 radical (unpaired) electrons. The van der Waals surface area contributed by atoms with Gasteiger partial charge in [0.15, 0.2) is 0 Å². The van der Waals surface area contributed by atoms with Crippen LogP contribution in [0, 0.1) is 11.8 Å². The summed E-state index contributed by atoms with van der Waals surface area (Å²) in [7, 11) is 0. The second-order valence-corrected chi connectivity index (χ2v) is 7.21. The molecule has 1 atom stereocenters. The zero-order chi connectivity index (χ0) is 16.8.